The second-order valence-corrected chi connectivity index (χ2v) is 6.94. The Bertz CT molecular complexity index is 921. The van der Waals surface area contributed by atoms with Gasteiger partial charge in [-0.25, -0.2) is 0 Å². The highest BCUT2D eigenvalue weighted by molar-refractivity contribution is 6.04. The molecule has 0 bridgehead atoms. The Hall–Kier alpha value is -2.67. The smallest absolute Gasteiger partial charge is 0.188 e. The van der Waals surface area contributed by atoms with Gasteiger partial charge in [0.1, 0.15) is 29.6 Å². The topological polar surface area (TPSA) is 72.5 Å². The monoisotopic (exact) mass is 390 g/mol. The first kappa shape index (κ1) is 20.1. The van der Waals surface area contributed by atoms with Crippen molar-refractivity contribution in [2.24, 2.45) is 0 Å². The SMILES string of the molecule is COCOc1cc2c(OC)c(OC)c(C)c(OC)c2c2c1[C@@](C)(C=O)[C@@H](C)O2. The fraction of sp³-hybridized carbons (Fsp3) is 0.476. The Kier molecular flexibility index (Phi) is 5.30. The van der Waals surface area contributed by atoms with Gasteiger partial charge >= 0.3 is 0 Å². The van der Waals surface area contributed by atoms with Crippen LogP contribution in [0.15, 0.2) is 6.07 Å². The first-order valence-corrected chi connectivity index (χ1v) is 8.93. The van der Waals surface area contributed by atoms with Gasteiger partial charge in [0.2, 0.25) is 0 Å². The van der Waals surface area contributed by atoms with Gasteiger partial charge < -0.3 is 33.2 Å². The van der Waals surface area contributed by atoms with E-state index in [-0.39, 0.29) is 12.9 Å². The zero-order valence-electron chi connectivity index (χ0n) is 17.3. The van der Waals surface area contributed by atoms with E-state index in [0.29, 0.717) is 39.7 Å². The minimum absolute atomic E-state index is 0.0315. The molecule has 0 saturated heterocycles. The lowest BCUT2D eigenvalue weighted by atomic mass is 9.79. The van der Waals surface area contributed by atoms with Crippen LogP contribution < -0.4 is 23.7 Å². The van der Waals surface area contributed by atoms with Crippen molar-refractivity contribution in [3.63, 3.8) is 0 Å². The number of fused-ring (bicyclic) bond motifs is 3. The largest absolute Gasteiger partial charge is 0.496 e. The van der Waals surface area contributed by atoms with Crippen molar-refractivity contribution in [3.05, 3.63) is 17.2 Å². The van der Waals surface area contributed by atoms with Crippen LogP contribution >= 0.6 is 0 Å². The summed E-state index contributed by atoms with van der Waals surface area (Å²) in [5.74, 6) is 2.75. The summed E-state index contributed by atoms with van der Waals surface area (Å²) in [5.41, 5.74) is 0.570. The van der Waals surface area contributed by atoms with Gasteiger partial charge in [-0.3, -0.25) is 0 Å². The fourth-order valence-corrected chi connectivity index (χ4v) is 3.85. The number of methoxy groups -OCH3 is 4. The number of rotatable bonds is 7. The molecule has 1 aliphatic rings. The van der Waals surface area contributed by atoms with Crippen molar-refractivity contribution in [2.75, 3.05) is 35.2 Å². The van der Waals surface area contributed by atoms with E-state index >= 15 is 0 Å². The number of ether oxygens (including phenoxy) is 6. The van der Waals surface area contributed by atoms with E-state index in [0.717, 1.165) is 17.2 Å². The maximum Gasteiger partial charge on any atom is 0.188 e. The number of benzene rings is 2. The molecule has 1 aliphatic heterocycles. The van der Waals surface area contributed by atoms with Crippen molar-refractivity contribution in [2.45, 2.75) is 32.3 Å². The third kappa shape index (κ3) is 2.64. The number of carbonyl (C=O) groups excluding carboxylic acids is 1. The molecule has 0 spiro atoms. The third-order valence-electron chi connectivity index (χ3n) is 5.47. The van der Waals surface area contributed by atoms with Crippen LogP contribution in [0.25, 0.3) is 10.8 Å². The van der Waals surface area contributed by atoms with Crippen molar-refractivity contribution >= 4 is 17.1 Å². The zero-order chi connectivity index (χ0) is 20.6. The predicted molar refractivity (Wildman–Crippen MR) is 104 cm³/mol. The molecule has 1 heterocycles. The van der Waals surface area contributed by atoms with Crippen molar-refractivity contribution in [3.8, 4) is 28.7 Å². The zero-order valence-corrected chi connectivity index (χ0v) is 17.3. The summed E-state index contributed by atoms with van der Waals surface area (Å²) < 4.78 is 34.0. The predicted octanol–water partition coefficient (Wildman–Crippen LogP) is 3.39. The molecule has 28 heavy (non-hydrogen) atoms. The normalized spacial score (nSPS) is 20.5. The lowest BCUT2D eigenvalue weighted by Gasteiger charge is -2.23. The number of hydrogen-bond acceptors (Lipinski definition) is 7. The van der Waals surface area contributed by atoms with Crippen LogP contribution in [0, 0.1) is 6.92 Å². The van der Waals surface area contributed by atoms with Gasteiger partial charge in [-0.1, -0.05) is 0 Å². The average Bonchev–Trinajstić information content (AvgIpc) is 2.97. The van der Waals surface area contributed by atoms with Crippen molar-refractivity contribution in [1.29, 1.82) is 0 Å². The van der Waals surface area contributed by atoms with Crippen LogP contribution in [0.4, 0.5) is 0 Å². The van der Waals surface area contributed by atoms with Gasteiger partial charge in [0.05, 0.1) is 37.7 Å². The van der Waals surface area contributed by atoms with Gasteiger partial charge in [0, 0.05) is 18.1 Å². The lowest BCUT2D eigenvalue weighted by Crippen LogP contribution is -2.34. The van der Waals surface area contributed by atoms with E-state index < -0.39 is 5.41 Å². The Morgan fingerprint density at radius 1 is 1.11 bits per heavy atom. The molecule has 0 saturated carbocycles. The summed E-state index contributed by atoms with van der Waals surface area (Å²) >= 11 is 0. The lowest BCUT2D eigenvalue weighted by molar-refractivity contribution is -0.113. The van der Waals surface area contributed by atoms with Crippen molar-refractivity contribution < 1.29 is 33.2 Å². The summed E-state index contributed by atoms with van der Waals surface area (Å²) in [4.78, 5) is 12.1. The minimum atomic E-state index is -0.876. The highest BCUT2D eigenvalue weighted by Crippen LogP contribution is 2.57. The molecule has 2 atom stereocenters. The van der Waals surface area contributed by atoms with Gasteiger partial charge in [0.15, 0.2) is 18.3 Å². The van der Waals surface area contributed by atoms with E-state index in [1.807, 2.05) is 26.8 Å². The molecule has 7 heteroatoms. The summed E-state index contributed by atoms with van der Waals surface area (Å²) in [6.07, 6.45) is 0.517. The Labute approximate surface area is 164 Å². The molecule has 2 aromatic rings. The number of hydrogen-bond donors (Lipinski definition) is 0. The maximum absolute atomic E-state index is 12.1. The Morgan fingerprint density at radius 2 is 1.75 bits per heavy atom. The van der Waals surface area contributed by atoms with E-state index in [2.05, 4.69) is 0 Å². The van der Waals surface area contributed by atoms with Crippen molar-refractivity contribution in [1.82, 2.24) is 0 Å². The summed E-state index contributed by atoms with van der Waals surface area (Å²) in [6, 6.07) is 1.82. The Balaban J connectivity index is 2.52. The van der Waals surface area contributed by atoms with Crippen LogP contribution in [0.1, 0.15) is 25.0 Å². The molecule has 0 radical (unpaired) electrons. The van der Waals surface area contributed by atoms with Gasteiger partial charge in [0.25, 0.3) is 0 Å². The van der Waals surface area contributed by atoms with Crippen LogP contribution in [0.3, 0.4) is 0 Å². The minimum Gasteiger partial charge on any atom is -0.496 e. The summed E-state index contributed by atoms with van der Waals surface area (Å²) in [7, 11) is 6.28. The first-order valence-electron chi connectivity index (χ1n) is 8.93. The van der Waals surface area contributed by atoms with Crippen LogP contribution in [-0.4, -0.2) is 47.6 Å². The Morgan fingerprint density at radius 3 is 2.29 bits per heavy atom. The molecular weight excluding hydrogens is 364 g/mol. The second-order valence-electron chi connectivity index (χ2n) is 6.94. The van der Waals surface area contributed by atoms with Gasteiger partial charge in [-0.05, 0) is 26.8 Å². The molecule has 0 aliphatic carbocycles. The highest BCUT2D eigenvalue weighted by atomic mass is 16.7. The first-order chi connectivity index (χ1) is 13.4. The standard InChI is InChI=1S/C21H26O7/c1-11-17(24-5)15-13(19(26-7)18(11)25-6)8-14(27-10-23-4)16-20(15)28-12(2)21(16,3)9-22/h8-9,12H,10H2,1-7H3/t12-,21+/m1/s1. The number of carbonyl (C=O) groups is 1. The molecule has 0 amide bonds. The van der Waals surface area contributed by atoms with E-state index in [4.69, 9.17) is 28.4 Å². The van der Waals surface area contributed by atoms with E-state index in [9.17, 15) is 4.79 Å². The van der Waals surface area contributed by atoms with E-state index in [1.54, 1.807) is 21.3 Å². The molecular formula is C21H26O7. The van der Waals surface area contributed by atoms with Crippen LogP contribution in [-0.2, 0) is 14.9 Å². The average molecular weight is 390 g/mol. The maximum atomic E-state index is 12.1. The molecule has 0 aromatic heterocycles. The van der Waals surface area contributed by atoms with Gasteiger partial charge in [-0.2, -0.15) is 0 Å². The highest BCUT2D eigenvalue weighted by Gasteiger charge is 2.47. The molecule has 0 unspecified atom stereocenters. The molecule has 7 nitrogen and oxygen atoms in total. The van der Waals surface area contributed by atoms with Crippen LogP contribution in [0.5, 0.6) is 28.7 Å². The number of aldehydes is 1. The molecule has 152 valence electrons. The molecule has 0 N–H and O–H groups in total. The summed E-state index contributed by atoms with van der Waals surface area (Å²) in [6.45, 7) is 5.62. The quantitative estimate of drug-likeness (QED) is 0.530. The molecule has 2 aromatic carbocycles. The molecule has 3 rings (SSSR count). The van der Waals surface area contributed by atoms with Crippen LogP contribution in [0.2, 0.25) is 0 Å². The van der Waals surface area contributed by atoms with E-state index in [1.165, 1.54) is 7.11 Å². The van der Waals surface area contributed by atoms with Gasteiger partial charge in [-0.15, -0.1) is 0 Å². The third-order valence-corrected chi connectivity index (χ3v) is 5.47. The molecule has 0 fully saturated rings. The second kappa shape index (κ2) is 7.39. The summed E-state index contributed by atoms with van der Waals surface area (Å²) in [5, 5.41) is 1.42. The fourth-order valence-electron chi connectivity index (χ4n) is 3.85.